The van der Waals surface area contributed by atoms with E-state index < -0.39 is 18.1 Å². The third kappa shape index (κ3) is 5.67. The topological polar surface area (TPSA) is 119 Å². The Kier molecular flexibility index (Phi) is 6.69. The van der Waals surface area contributed by atoms with Gasteiger partial charge < -0.3 is 14.8 Å². The van der Waals surface area contributed by atoms with E-state index in [1.54, 1.807) is 6.92 Å². The van der Waals surface area contributed by atoms with Gasteiger partial charge in [0.1, 0.15) is 18.5 Å². The minimum atomic E-state index is -0.835. The third-order valence-electron chi connectivity index (χ3n) is 3.13. The highest BCUT2D eigenvalue weighted by Gasteiger charge is 2.23. The smallest absolute Gasteiger partial charge is 0.408 e. The number of tetrazole rings is 1. The van der Waals surface area contributed by atoms with E-state index in [0.29, 0.717) is 12.2 Å². The Morgan fingerprint density at radius 2 is 2.04 bits per heavy atom. The van der Waals surface area contributed by atoms with Crippen LogP contribution in [0.2, 0.25) is 0 Å². The molecular weight excluding hydrogens is 314 g/mol. The van der Waals surface area contributed by atoms with Crippen LogP contribution in [0.1, 0.15) is 24.7 Å². The molecule has 0 aliphatic rings. The summed E-state index contributed by atoms with van der Waals surface area (Å²) in [6, 6.07) is 8.42. The lowest BCUT2D eigenvalue weighted by molar-refractivity contribution is -0.145. The number of aryl methyl sites for hydroxylation is 1. The van der Waals surface area contributed by atoms with Crippen molar-refractivity contribution in [1.29, 1.82) is 0 Å². The molecule has 9 heteroatoms. The van der Waals surface area contributed by atoms with Crippen LogP contribution in [-0.2, 0) is 27.3 Å². The number of hydrogen-bond acceptors (Lipinski definition) is 7. The van der Waals surface area contributed by atoms with E-state index in [0.717, 1.165) is 5.56 Å². The first-order valence-corrected chi connectivity index (χ1v) is 7.55. The maximum atomic E-state index is 12.0. The number of carbonyl (C=O) groups is 2. The molecule has 1 aromatic carbocycles. The number of ether oxygens (including phenoxy) is 2. The lowest BCUT2D eigenvalue weighted by atomic mass is 10.1. The minimum absolute atomic E-state index is 0.119. The number of esters is 1. The summed E-state index contributed by atoms with van der Waals surface area (Å²) in [6.45, 7) is 2.04. The fourth-order valence-corrected chi connectivity index (χ4v) is 1.96. The van der Waals surface area contributed by atoms with Gasteiger partial charge in [-0.2, -0.15) is 0 Å². The average Bonchev–Trinajstić information content (AvgIpc) is 3.11. The van der Waals surface area contributed by atoms with Crippen molar-refractivity contribution in [1.82, 2.24) is 25.9 Å². The summed E-state index contributed by atoms with van der Waals surface area (Å²) in [5.41, 5.74) is 0.855. The molecule has 0 spiro atoms. The van der Waals surface area contributed by atoms with E-state index in [4.69, 9.17) is 9.47 Å². The van der Waals surface area contributed by atoms with Crippen LogP contribution in [0.25, 0.3) is 0 Å². The van der Waals surface area contributed by atoms with Crippen molar-refractivity contribution in [2.45, 2.75) is 32.4 Å². The summed E-state index contributed by atoms with van der Waals surface area (Å²) in [5, 5.41) is 15.8. The Labute approximate surface area is 138 Å². The molecule has 0 saturated carbocycles. The molecule has 0 saturated heterocycles. The number of alkyl carbamates (subject to hydrolysis) is 1. The molecule has 2 rings (SSSR count). The summed E-state index contributed by atoms with van der Waals surface area (Å²) >= 11 is 0. The lowest BCUT2D eigenvalue weighted by Crippen LogP contribution is -2.42. The fraction of sp³-hybridized carbons (Fsp3) is 0.400. The first-order chi connectivity index (χ1) is 11.7. The van der Waals surface area contributed by atoms with Crippen molar-refractivity contribution in [3.8, 4) is 0 Å². The predicted molar refractivity (Wildman–Crippen MR) is 82.7 cm³/mol. The number of amides is 1. The third-order valence-corrected chi connectivity index (χ3v) is 3.13. The summed E-state index contributed by atoms with van der Waals surface area (Å²) < 4.78 is 10.1. The van der Waals surface area contributed by atoms with Crippen LogP contribution in [0, 0.1) is 0 Å². The molecule has 0 aliphatic carbocycles. The van der Waals surface area contributed by atoms with Crippen molar-refractivity contribution in [3.05, 3.63) is 41.7 Å². The Bertz CT molecular complexity index is 633. The molecule has 2 N–H and O–H groups in total. The Balaban J connectivity index is 1.86. The quantitative estimate of drug-likeness (QED) is 0.691. The van der Waals surface area contributed by atoms with Gasteiger partial charge in [0.2, 0.25) is 0 Å². The van der Waals surface area contributed by atoms with Crippen molar-refractivity contribution in [3.63, 3.8) is 0 Å². The van der Waals surface area contributed by atoms with Crippen molar-refractivity contribution >= 4 is 12.1 Å². The van der Waals surface area contributed by atoms with Gasteiger partial charge in [-0.3, -0.25) is 0 Å². The van der Waals surface area contributed by atoms with Crippen LogP contribution in [0.15, 0.2) is 30.3 Å². The molecule has 1 atom stereocenters. The van der Waals surface area contributed by atoms with Crippen molar-refractivity contribution < 1.29 is 19.1 Å². The van der Waals surface area contributed by atoms with E-state index in [9.17, 15) is 9.59 Å². The molecule has 1 heterocycles. The van der Waals surface area contributed by atoms with E-state index in [-0.39, 0.29) is 19.6 Å². The number of rotatable bonds is 8. The van der Waals surface area contributed by atoms with Gasteiger partial charge in [-0.15, -0.1) is 5.10 Å². The van der Waals surface area contributed by atoms with E-state index in [1.165, 1.54) is 0 Å². The highest BCUT2D eigenvalue weighted by atomic mass is 16.6. The van der Waals surface area contributed by atoms with Crippen molar-refractivity contribution in [2.24, 2.45) is 0 Å². The Hall–Kier alpha value is -2.97. The maximum absolute atomic E-state index is 12.0. The van der Waals surface area contributed by atoms with Gasteiger partial charge in [0, 0.05) is 6.42 Å². The number of hydrogen-bond donors (Lipinski definition) is 2. The molecule has 0 aliphatic heterocycles. The van der Waals surface area contributed by atoms with Gasteiger partial charge in [0.05, 0.1) is 6.61 Å². The molecule has 2 aromatic rings. The predicted octanol–water partition coefficient (Wildman–Crippen LogP) is 0.990. The molecule has 0 bridgehead atoms. The SMILES string of the molecule is CCOC(=O)[C@H](CCc1nnn[nH]1)NC(=O)OCc1ccccc1. The average molecular weight is 333 g/mol. The highest BCUT2D eigenvalue weighted by molar-refractivity contribution is 5.81. The molecule has 9 nitrogen and oxygen atoms in total. The van der Waals surface area contributed by atoms with Crippen LogP contribution < -0.4 is 5.32 Å². The van der Waals surface area contributed by atoms with E-state index >= 15 is 0 Å². The van der Waals surface area contributed by atoms with E-state index in [2.05, 4.69) is 25.9 Å². The Morgan fingerprint density at radius 1 is 1.25 bits per heavy atom. The first kappa shape index (κ1) is 17.4. The molecule has 1 amide bonds. The number of nitrogens with zero attached hydrogens (tertiary/aromatic N) is 3. The molecule has 0 unspecified atom stereocenters. The molecule has 128 valence electrons. The van der Waals surface area contributed by atoms with Crippen LogP contribution in [0.4, 0.5) is 4.79 Å². The number of benzene rings is 1. The number of nitrogens with one attached hydrogen (secondary N) is 2. The van der Waals surface area contributed by atoms with Gasteiger partial charge in [-0.05, 0) is 29.3 Å². The van der Waals surface area contributed by atoms with Crippen molar-refractivity contribution in [2.75, 3.05) is 6.61 Å². The summed E-state index contributed by atoms with van der Waals surface area (Å²) in [6.07, 6.45) is -0.0152. The summed E-state index contributed by atoms with van der Waals surface area (Å²) in [7, 11) is 0. The van der Waals surface area contributed by atoms with E-state index in [1.807, 2.05) is 30.3 Å². The number of aromatic nitrogens is 4. The van der Waals surface area contributed by atoms with Gasteiger partial charge in [0.15, 0.2) is 0 Å². The standard InChI is InChI=1S/C15H19N5O4/c1-2-23-14(21)12(8-9-13-17-19-20-18-13)16-15(22)24-10-11-6-4-3-5-7-11/h3-7,12H,2,8-10H2,1H3,(H,16,22)(H,17,18,19,20)/t12-/m0/s1. The summed E-state index contributed by atoms with van der Waals surface area (Å²) in [5.74, 6) is -0.00890. The van der Waals surface area contributed by atoms with Gasteiger partial charge in [-0.1, -0.05) is 30.3 Å². The maximum Gasteiger partial charge on any atom is 0.408 e. The normalized spacial score (nSPS) is 11.5. The number of H-pyrrole nitrogens is 1. The monoisotopic (exact) mass is 333 g/mol. The zero-order valence-electron chi connectivity index (χ0n) is 13.3. The van der Waals surface area contributed by atoms with Crippen LogP contribution in [-0.4, -0.2) is 45.3 Å². The number of aromatic amines is 1. The second kappa shape index (κ2) is 9.23. The Morgan fingerprint density at radius 3 is 2.71 bits per heavy atom. The van der Waals surface area contributed by atoms with Gasteiger partial charge in [0.25, 0.3) is 0 Å². The highest BCUT2D eigenvalue weighted by Crippen LogP contribution is 2.04. The summed E-state index contributed by atoms with van der Waals surface area (Å²) in [4.78, 5) is 23.9. The molecule has 1 aromatic heterocycles. The van der Waals surface area contributed by atoms with Gasteiger partial charge >= 0.3 is 12.1 Å². The minimum Gasteiger partial charge on any atom is -0.464 e. The van der Waals surface area contributed by atoms with Crippen LogP contribution >= 0.6 is 0 Å². The number of carbonyl (C=O) groups excluding carboxylic acids is 2. The largest absolute Gasteiger partial charge is 0.464 e. The zero-order chi connectivity index (χ0) is 17.2. The molecular formula is C15H19N5O4. The lowest BCUT2D eigenvalue weighted by Gasteiger charge is -2.16. The second-order valence-electron chi connectivity index (χ2n) is 4.90. The van der Waals surface area contributed by atoms with Gasteiger partial charge in [-0.25, -0.2) is 14.7 Å². The molecule has 24 heavy (non-hydrogen) atoms. The molecule has 0 radical (unpaired) electrons. The first-order valence-electron chi connectivity index (χ1n) is 7.55. The van der Waals surface area contributed by atoms with Crippen LogP contribution in [0.3, 0.4) is 0 Å². The zero-order valence-corrected chi connectivity index (χ0v) is 13.3. The molecule has 0 fully saturated rings. The fourth-order valence-electron chi connectivity index (χ4n) is 1.96. The second-order valence-corrected chi connectivity index (χ2v) is 4.90. The van der Waals surface area contributed by atoms with Crippen LogP contribution in [0.5, 0.6) is 0 Å².